The van der Waals surface area contributed by atoms with Crippen molar-refractivity contribution in [1.29, 1.82) is 0 Å². The first-order valence-electron chi connectivity index (χ1n) is 6.91. The quantitative estimate of drug-likeness (QED) is 0.514. The van der Waals surface area contributed by atoms with Crippen LogP contribution in [0.15, 0.2) is 16.6 Å². The number of anilines is 1. The summed E-state index contributed by atoms with van der Waals surface area (Å²) < 4.78 is 0.596. The molecule has 1 fully saturated rings. The van der Waals surface area contributed by atoms with Crippen LogP contribution in [0.3, 0.4) is 0 Å². The van der Waals surface area contributed by atoms with Crippen molar-refractivity contribution >= 4 is 27.3 Å². The molecule has 20 heavy (non-hydrogen) atoms. The van der Waals surface area contributed by atoms with E-state index in [0.29, 0.717) is 22.7 Å². The van der Waals surface area contributed by atoms with E-state index in [2.05, 4.69) is 27.9 Å². The summed E-state index contributed by atoms with van der Waals surface area (Å²) >= 11 is 3.30. The number of nitro benzene ring substituents is 1. The molecular formula is C14H20BrN3O2. The Kier molecular flexibility index (Phi) is 4.99. The van der Waals surface area contributed by atoms with Crippen LogP contribution in [-0.4, -0.2) is 22.9 Å². The summed E-state index contributed by atoms with van der Waals surface area (Å²) in [5, 5.41) is 10.9. The molecule has 1 aliphatic carbocycles. The predicted octanol–water partition coefficient (Wildman–Crippen LogP) is 3.70. The number of nitrogens with zero attached hydrogens (tertiary/aromatic N) is 2. The van der Waals surface area contributed by atoms with Gasteiger partial charge in [-0.2, -0.15) is 0 Å². The third-order valence-corrected chi connectivity index (χ3v) is 4.68. The Bertz CT molecular complexity index is 501. The number of halogens is 1. The molecule has 0 amide bonds. The SMILES string of the molecule is CN(Cc1cc([N+](=O)[O-])cc(Br)c1N)C1CCCCC1. The van der Waals surface area contributed by atoms with Crippen molar-refractivity contribution in [3.8, 4) is 0 Å². The molecule has 1 aliphatic rings. The van der Waals surface area contributed by atoms with E-state index in [1.165, 1.54) is 38.2 Å². The van der Waals surface area contributed by atoms with Crippen LogP contribution >= 0.6 is 15.9 Å². The number of non-ortho nitro benzene ring substituents is 1. The minimum absolute atomic E-state index is 0.0816. The second-order valence-electron chi connectivity index (χ2n) is 5.46. The van der Waals surface area contributed by atoms with Gasteiger partial charge in [-0.1, -0.05) is 19.3 Å². The van der Waals surface area contributed by atoms with Crippen molar-refractivity contribution in [2.75, 3.05) is 12.8 Å². The van der Waals surface area contributed by atoms with Gasteiger partial charge in [0.25, 0.3) is 5.69 Å². The van der Waals surface area contributed by atoms with Crippen LogP contribution < -0.4 is 5.73 Å². The summed E-state index contributed by atoms with van der Waals surface area (Å²) in [5.41, 5.74) is 7.53. The minimum Gasteiger partial charge on any atom is -0.398 e. The molecule has 0 aromatic heterocycles. The summed E-state index contributed by atoms with van der Waals surface area (Å²) in [6.45, 7) is 0.650. The third-order valence-electron chi connectivity index (χ3n) is 4.03. The zero-order valence-electron chi connectivity index (χ0n) is 11.6. The Morgan fingerprint density at radius 3 is 2.65 bits per heavy atom. The van der Waals surface area contributed by atoms with Gasteiger partial charge in [-0.15, -0.1) is 0 Å². The average molecular weight is 342 g/mol. The van der Waals surface area contributed by atoms with E-state index >= 15 is 0 Å². The van der Waals surface area contributed by atoms with Crippen molar-refractivity contribution < 1.29 is 4.92 Å². The molecule has 2 rings (SSSR count). The summed E-state index contributed by atoms with van der Waals surface area (Å²) in [4.78, 5) is 12.8. The highest BCUT2D eigenvalue weighted by atomic mass is 79.9. The number of nitro groups is 1. The number of nitrogen functional groups attached to an aromatic ring is 1. The number of hydrogen-bond donors (Lipinski definition) is 1. The molecule has 0 spiro atoms. The van der Waals surface area contributed by atoms with Gasteiger partial charge in [-0.25, -0.2) is 0 Å². The van der Waals surface area contributed by atoms with Gasteiger partial charge in [-0.3, -0.25) is 15.0 Å². The molecule has 0 atom stereocenters. The topological polar surface area (TPSA) is 72.4 Å². The molecule has 110 valence electrons. The van der Waals surface area contributed by atoms with Gasteiger partial charge >= 0.3 is 0 Å². The number of hydrogen-bond acceptors (Lipinski definition) is 4. The van der Waals surface area contributed by atoms with Gasteiger partial charge in [0.2, 0.25) is 0 Å². The van der Waals surface area contributed by atoms with E-state index in [0.717, 1.165) is 5.56 Å². The van der Waals surface area contributed by atoms with Gasteiger partial charge in [0.05, 0.1) is 10.6 Å². The number of benzene rings is 1. The van der Waals surface area contributed by atoms with Crippen molar-refractivity contribution in [1.82, 2.24) is 4.90 Å². The fraction of sp³-hybridized carbons (Fsp3) is 0.571. The van der Waals surface area contributed by atoms with Crippen LogP contribution in [-0.2, 0) is 6.54 Å². The molecule has 0 saturated heterocycles. The van der Waals surface area contributed by atoms with E-state index in [9.17, 15) is 10.1 Å². The monoisotopic (exact) mass is 341 g/mol. The van der Waals surface area contributed by atoms with Gasteiger partial charge < -0.3 is 5.73 Å². The first-order valence-corrected chi connectivity index (χ1v) is 7.71. The molecule has 0 radical (unpaired) electrons. The fourth-order valence-corrected chi connectivity index (χ4v) is 3.30. The van der Waals surface area contributed by atoms with Gasteiger partial charge in [0.15, 0.2) is 0 Å². The summed E-state index contributed by atoms with van der Waals surface area (Å²) in [6, 6.07) is 3.60. The zero-order chi connectivity index (χ0) is 14.7. The molecule has 1 aromatic carbocycles. The van der Waals surface area contributed by atoms with E-state index < -0.39 is 0 Å². The highest BCUT2D eigenvalue weighted by Crippen LogP contribution is 2.31. The van der Waals surface area contributed by atoms with E-state index in [-0.39, 0.29) is 10.6 Å². The van der Waals surface area contributed by atoms with Crippen LogP contribution in [0.5, 0.6) is 0 Å². The second kappa shape index (κ2) is 6.54. The van der Waals surface area contributed by atoms with Crippen LogP contribution in [0.4, 0.5) is 11.4 Å². The Hall–Kier alpha value is -1.14. The number of rotatable bonds is 4. The molecule has 2 N–H and O–H groups in total. The molecular weight excluding hydrogens is 322 g/mol. The standard InChI is InChI=1S/C14H20BrN3O2/c1-17(11-5-3-2-4-6-11)9-10-7-12(18(19)20)8-13(15)14(10)16/h7-8,11H,2-6,9,16H2,1H3. The highest BCUT2D eigenvalue weighted by molar-refractivity contribution is 9.10. The van der Waals surface area contributed by atoms with Crippen molar-refractivity contribution in [3.63, 3.8) is 0 Å². The Morgan fingerprint density at radius 2 is 2.05 bits per heavy atom. The van der Waals surface area contributed by atoms with Crippen molar-refractivity contribution in [2.45, 2.75) is 44.7 Å². The summed E-state index contributed by atoms with van der Waals surface area (Å²) in [6.07, 6.45) is 6.25. The van der Waals surface area contributed by atoms with Crippen LogP contribution in [0.25, 0.3) is 0 Å². The summed E-state index contributed by atoms with van der Waals surface area (Å²) in [5.74, 6) is 0. The van der Waals surface area contributed by atoms with Crippen molar-refractivity contribution in [3.05, 3.63) is 32.3 Å². The maximum absolute atomic E-state index is 10.9. The fourth-order valence-electron chi connectivity index (χ4n) is 2.81. The van der Waals surface area contributed by atoms with Crippen LogP contribution in [0.2, 0.25) is 0 Å². The first kappa shape index (κ1) is 15.3. The molecule has 0 unspecified atom stereocenters. The number of nitrogens with two attached hydrogens (primary N) is 1. The molecule has 5 nitrogen and oxygen atoms in total. The first-order chi connectivity index (χ1) is 9.49. The van der Waals surface area contributed by atoms with E-state index in [1.54, 1.807) is 6.07 Å². The molecule has 6 heteroatoms. The maximum atomic E-state index is 10.9. The lowest BCUT2D eigenvalue weighted by atomic mass is 9.94. The second-order valence-corrected chi connectivity index (χ2v) is 6.32. The molecule has 1 saturated carbocycles. The van der Waals surface area contributed by atoms with E-state index in [4.69, 9.17) is 5.73 Å². The van der Waals surface area contributed by atoms with Crippen LogP contribution in [0.1, 0.15) is 37.7 Å². The van der Waals surface area contributed by atoms with Crippen molar-refractivity contribution in [2.24, 2.45) is 0 Å². The molecule has 0 aliphatic heterocycles. The van der Waals surface area contributed by atoms with Gasteiger partial charge in [0, 0.05) is 29.2 Å². The maximum Gasteiger partial charge on any atom is 0.271 e. The largest absolute Gasteiger partial charge is 0.398 e. The molecule has 1 aromatic rings. The predicted molar refractivity (Wildman–Crippen MR) is 83.5 cm³/mol. The normalized spacial score (nSPS) is 16.6. The lowest BCUT2D eigenvalue weighted by molar-refractivity contribution is -0.385. The smallest absolute Gasteiger partial charge is 0.271 e. The molecule has 0 heterocycles. The zero-order valence-corrected chi connectivity index (χ0v) is 13.2. The van der Waals surface area contributed by atoms with Gasteiger partial charge in [-0.05, 0) is 41.4 Å². The third kappa shape index (κ3) is 3.49. The lowest BCUT2D eigenvalue weighted by Crippen LogP contribution is -2.33. The highest BCUT2D eigenvalue weighted by Gasteiger charge is 2.20. The summed E-state index contributed by atoms with van der Waals surface area (Å²) in [7, 11) is 2.07. The Labute approximate surface area is 127 Å². The Morgan fingerprint density at radius 1 is 1.40 bits per heavy atom. The Balaban J connectivity index is 2.17. The van der Waals surface area contributed by atoms with E-state index in [1.807, 2.05) is 0 Å². The van der Waals surface area contributed by atoms with Crippen LogP contribution in [0, 0.1) is 10.1 Å². The average Bonchev–Trinajstić information content (AvgIpc) is 2.44. The minimum atomic E-state index is -0.381. The lowest BCUT2D eigenvalue weighted by Gasteiger charge is -2.31. The van der Waals surface area contributed by atoms with Gasteiger partial charge in [0.1, 0.15) is 0 Å². The molecule has 0 bridgehead atoms.